The molecule has 1 unspecified atom stereocenters. The molecule has 1 amide bonds. The van der Waals surface area contributed by atoms with Crippen molar-refractivity contribution in [2.45, 2.75) is 32.7 Å². The number of Topliss-reactive ketones (excluding diaryl/α,β-unsaturated/α-hetero) is 1. The van der Waals surface area contributed by atoms with Gasteiger partial charge >= 0.3 is 0 Å². The summed E-state index contributed by atoms with van der Waals surface area (Å²) in [5, 5.41) is 0. The van der Waals surface area contributed by atoms with Gasteiger partial charge in [0.2, 0.25) is 5.91 Å². The van der Waals surface area contributed by atoms with Crippen LogP contribution in [0, 0.1) is 0 Å². The molecule has 3 nitrogen and oxygen atoms in total. The predicted octanol–water partition coefficient (Wildman–Crippen LogP) is 0.586. The maximum atomic E-state index is 11.1. The van der Waals surface area contributed by atoms with Crippen molar-refractivity contribution in [1.82, 2.24) is 4.90 Å². The summed E-state index contributed by atoms with van der Waals surface area (Å²) >= 11 is 0. The van der Waals surface area contributed by atoms with Crippen LogP contribution in [0.4, 0.5) is 0 Å². The minimum atomic E-state index is -0.00986. The molecule has 0 saturated carbocycles. The summed E-state index contributed by atoms with van der Waals surface area (Å²) in [6, 6.07) is 0.217. The largest absolute Gasteiger partial charge is 0.332 e. The molecule has 1 rings (SSSR count). The van der Waals surface area contributed by atoms with E-state index in [-0.39, 0.29) is 24.2 Å². The normalized spacial score (nSPS) is 21.1. The van der Waals surface area contributed by atoms with Gasteiger partial charge in [0.05, 0.1) is 13.0 Å². The summed E-state index contributed by atoms with van der Waals surface area (Å²) in [7, 11) is 0. The second kappa shape index (κ2) is 3.03. The fourth-order valence-corrected chi connectivity index (χ4v) is 1.23. The highest BCUT2D eigenvalue weighted by atomic mass is 16.2. The molecule has 1 aliphatic rings. The number of ketones is 1. The number of nitrogens with zero attached hydrogens (tertiary/aromatic N) is 1. The van der Waals surface area contributed by atoms with E-state index >= 15 is 0 Å². The predicted molar refractivity (Wildman–Crippen MR) is 41.1 cm³/mol. The summed E-state index contributed by atoms with van der Waals surface area (Å²) in [5.74, 6) is 0.0413. The Balaban J connectivity index is 2.59. The maximum absolute atomic E-state index is 11.1. The topological polar surface area (TPSA) is 37.4 Å². The Morgan fingerprint density at radius 3 is 2.55 bits per heavy atom. The van der Waals surface area contributed by atoms with E-state index in [1.54, 1.807) is 4.90 Å². The highest BCUT2D eigenvalue weighted by Gasteiger charge is 2.29. The highest BCUT2D eigenvalue weighted by Crippen LogP contribution is 2.12. The first kappa shape index (κ1) is 8.24. The number of amides is 1. The molecule has 1 saturated heterocycles. The molecule has 62 valence electrons. The summed E-state index contributed by atoms with van der Waals surface area (Å²) in [4.78, 5) is 23.6. The second-order valence-corrected chi connectivity index (χ2v) is 2.99. The third-order valence-electron chi connectivity index (χ3n) is 2.14. The van der Waals surface area contributed by atoms with Crippen LogP contribution in [0.15, 0.2) is 0 Å². The first-order valence-corrected chi connectivity index (χ1v) is 3.96. The van der Waals surface area contributed by atoms with E-state index in [2.05, 4.69) is 0 Å². The van der Waals surface area contributed by atoms with E-state index < -0.39 is 0 Å². The minimum Gasteiger partial charge on any atom is -0.332 e. The number of hydrogen-bond acceptors (Lipinski definition) is 2. The van der Waals surface area contributed by atoms with Gasteiger partial charge in [-0.3, -0.25) is 9.59 Å². The zero-order valence-corrected chi connectivity index (χ0v) is 6.96. The van der Waals surface area contributed by atoms with Gasteiger partial charge in [-0.1, -0.05) is 6.92 Å². The van der Waals surface area contributed by atoms with E-state index in [1.807, 2.05) is 13.8 Å². The van der Waals surface area contributed by atoms with Gasteiger partial charge in [0, 0.05) is 6.04 Å². The molecular formula is C8H13NO2. The first-order chi connectivity index (χ1) is 5.15. The highest BCUT2D eigenvalue weighted by molar-refractivity contribution is 6.05. The zero-order valence-electron chi connectivity index (χ0n) is 6.96. The molecule has 0 bridgehead atoms. The van der Waals surface area contributed by atoms with Crippen molar-refractivity contribution in [3.8, 4) is 0 Å². The van der Waals surface area contributed by atoms with Crippen LogP contribution in [0.1, 0.15) is 26.7 Å². The monoisotopic (exact) mass is 155 g/mol. The van der Waals surface area contributed by atoms with Gasteiger partial charge in [-0.2, -0.15) is 0 Å². The number of rotatable bonds is 2. The van der Waals surface area contributed by atoms with E-state index in [0.29, 0.717) is 6.54 Å². The Labute approximate surface area is 66.4 Å². The van der Waals surface area contributed by atoms with Crippen molar-refractivity contribution in [3.63, 3.8) is 0 Å². The van der Waals surface area contributed by atoms with Crippen molar-refractivity contribution >= 4 is 11.7 Å². The van der Waals surface area contributed by atoms with Crippen LogP contribution in [-0.2, 0) is 9.59 Å². The lowest BCUT2D eigenvalue weighted by atomic mass is 10.2. The molecule has 0 aliphatic carbocycles. The van der Waals surface area contributed by atoms with Gasteiger partial charge in [0.15, 0.2) is 5.78 Å². The van der Waals surface area contributed by atoms with Crippen LogP contribution in [0.25, 0.3) is 0 Å². The Kier molecular flexibility index (Phi) is 2.27. The van der Waals surface area contributed by atoms with Gasteiger partial charge in [-0.15, -0.1) is 0 Å². The summed E-state index contributed by atoms with van der Waals surface area (Å²) in [5.41, 5.74) is 0. The molecule has 1 fully saturated rings. The Bertz CT molecular complexity index is 189. The van der Waals surface area contributed by atoms with Crippen molar-refractivity contribution < 1.29 is 9.59 Å². The van der Waals surface area contributed by atoms with E-state index in [4.69, 9.17) is 0 Å². The Hall–Kier alpha value is -0.860. The van der Waals surface area contributed by atoms with Gasteiger partial charge < -0.3 is 4.90 Å². The number of carbonyl (C=O) groups is 2. The molecule has 0 spiro atoms. The van der Waals surface area contributed by atoms with Crippen molar-refractivity contribution in [2.75, 3.05) is 6.54 Å². The lowest BCUT2D eigenvalue weighted by Crippen LogP contribution is -2.33. The van der Waals surface area contributed by atoms with Gasteiger partial charge in [0.1, 0.15) is 0 Å². The molecular weight excluding hydrogens is 142 g/mol. The van der Waals surface area contributed by atoms with Crippen molar-refractivity contribution in [3.05, 3.63) is 0 Å². The quantitative estimate of drug-likeness (QED) is 0.547. The average Bonchev–Trinajstić information content (AvgIpc) is 2.28. The first-order valence-electron chi connectivity index (χ1n) is 3.96. The average molecular weight is 155 g/mol. The van der Waals surface area contributed by atoms with Crippen molar-refractivity contribution in [2.24, 2.45) is 0 Å². The molecule has 0 aromatic heterocycles. The van der Waals surface area contributed by atoms with Crippen LogP contribution in [0.3, 0.4) is 0 Å². The Morgan fingerprint density at radius 2 is 2.18 bits per heavy atom. The Morgan fingerprint density at radius 1 is 1.55 bits per heavy atom. The van der Waals surface area contributed by atoms with E-state index in [9.17, 15) is 9.59 Å². The smallest absolute Gasteiger partial charge is 0.230 e. The SMILES string of the molecule is CCC(C)N1CC(=O)CC1=O. The number of hydrogen-bond donors (Lipinski definition) is 0. The molecule has 0 aromatic carbocycles. The van der Waals surface area contributed by atoms with Crippen LogP contribution < -0.4 is 0 Å². The van der Waals surface area contributed by atoms with E-state index in [1.165, 1.54) is 0 Å². The zero-order chi connectivity index (χ0) is 8.43. The summed E-state index contributed by atoms with van der Waals surface area (Å²) < 4.78 is 0. The molecule has 0 radical (unpaired) electrons. The number of carbonyl (C=O) groups excluding carboxylic acids is 2. The molecule has 1 aliphatic heterocycles. The molecule has 1 heterocycles. The lowest BCUT2D eigenvalue weighted by Gasteiger charge is -2.21. The lowest BCUT2D eigenvalue weighted by molar-refractivity contribution is -0.129. The number of likely N-dealkylation sites (tertiary alicyclic amines) is 1. The summed E-state index contributed by atoms with van der Waals surface area (Å²) in [6.07, 6.45) is 1.03. The van der Waals surface area contributed by atoms with Gasteiger partial charge in [0.25, 0.3) is 0 Å². The summed E-state index contributed by atoms with van der Waals surface area (Å²) in [6.45, 7) is 4.31. The third-order valence-corrected chi connectivity index (χ3v) is 2.14. The minimum absolute atomic E-state index is 0.00986. The maximum Gasteiger partial charge on any atom is 0.230 e. The van der Waals surface area contributed by atoms with Crippen molar-refractivity contribution in [1.29, 1.82) is 0 Å². The third kappa shape index (κ3) is 1.59. The standard InChI is InChI=1S/C8H13NO2/c1-3-6(2)9-5-7(10)4-8(9)11/h6H,3-5H2,1-2H3. The van der Waals surface area contributed by atoms with Gasteiger partial charge in [-0.25, -0.2) is 0 Å². The molecule has 3 heteroatoms. The van der Waals surface area contributed by atoms with Crippen LogP contribution in [0.2, 0.25) is 0 Å². The van der Waals surface area contributed by atoms with E-state index in [0.717, 1.165) is 6.42 Å². The van der Waals surface area contributed by atoms with Crippen LogP contribution in [-0.4, -0.2) is 29.2 Å². The molecule has 0 aromatic rings. The fraction of sp³-hybridized carbons (Fsp3) is 0.750. The second-order valence-electron chi connectivity index (χ2n) is 2.99. The van der Waals surface area contributed by atoms with Crippen LogP contribution in [0.5, 0.6) is 0 Å². The van der Waals surface area contributed by atoms with Gasteiger partial charge in [-0.05, 0) is 13.3 Å². The fourth-order valence-electron chi connectivity index (χ4n) is 1.23. The molecule has 11 heavy (non-hydrogen) atoms. The molecule has 0 N–H and O–H groups in total. The molecule has 1 atom stereocenters. The van der Waals surface area contributed by atoms with Crippen LogP contribution >= 0.6 is 0 Å².